The summed E-state index contributed by atoms with van der Waals surface area (Å²) in [5.41, 5.74) is 11.8. The third-order valence-electron chi connectivity index (χ3n) is 7.40. The number of fused-ring (bicyclic) bond motifs is 2. The van der Waals surface area contributed by atoms with Crippen LogP contribution in [0.1, 0.15) is 36.8 Å². The molecule has 9 nitrogen and oxygen atoms in total. The van der Waals surface area contributed by atoms with Gasteiger partial charge < -0.3 is 15.2 Å². The molecule has 0 amide bonds. The van der Waals surface area contributed by atoms with Crippen molar-refractivity contribution in [2.75, 3.05) is 43.1 Å². The number of nitrogens with zero attached hydrogens (tertiary/aromatic N) is 6. The number of hydrogen-bond donors (Lipinski definition) is 1. The number of rotatable bonds is 8. The minimum atomic E-state index is -3.11. The minimum Gasteiger partial charge on any atom is -0.382 e. The maximum Gasteiger partial charge on any atom is 0.211 e. The first-order valence-corrected chi connectivity index (χ1v) is 15.0. The van der Waals surface area contributed by atoms with Gasteiger partial charge in [-0.05, 0) is 79.5 Å². The van der Waals surface area contributed by atoms with Crippen molar-refractivity contribution in [3.63, 3.8) is 0 Å². The standard InChI is InChI=1S/C24H31N7O2S2/c1-35(32,33)30-9-7-16(14-30)4-3-8-31-23-21(22(25)26-15-27-23)28-24(31)34-20-13-18-6-2-5-17(18)12-19(20)29-10-11-29/h12-13,15-16H,2-11,14H2,1H3,(H2,25,26,27). The quantitative estimate of drug-likeness (QED) is 0.458. The van der Waals surface area contributed by atoms with Crippen LogP contribution in [0.25, 0.3) is 11.2 Å². The summed E-state index contributed by atoms with van der Waals surface area (Å²) in [6.07, 6.45) is 9.15. The van der Waals surface area contributed by atoms with Gasteiger partial charge in [-0.3, -0.25) is 0 Å². The summed E-state index contributed by atoms with van der Waals surface area (Å²) in [7, 11) is -3.11. The molecule has 1 aliphatic carbocycles. The lowest BCUT2D eigenvalue weighted by atomic mass is 10.0. The number of aromatic nitrogens is 4. The van der Waals surface area contributed by atoms with Crippen LogP contribution in [0.2, 0.25) is 0 Å². The molecule has 35 heavy (non-hydrogen) atoms. The normalized spacial score (nSPS) is 20.1. The maximum atomic E-state index is 11.9. The second-order valence-electron chi connectivity index (χ2n) is 9.93. The first-order valence-electron chi connectivity index (χ1n) is 12.4. The average Bonchev–Trinajstić information content (AvgIpc) is 3.21. The predicted octanol–water partition coefficient (Wildman–Crippen LogP) is 2.93. The molecule has 6 rings (SSSR count). The van der Waals surface area contributed by atoms with E-state index in [1.165, 1.54) is 47.1 Å². The van der Waals surface area contributed by atoms with Gasteiger partial charge in [0.25, 0.3) is 0 Å². The van der Waals surface area contributed by atoms with Gasteiger partial charge in [0, 0.05) is 37.6 Å². The smallest absolute Gasteiger partial charge is 0.211 e. The fourth-order valence-corrected chi connectivity index (χ4v) is 7.43. The number of imidazole rings is 1. The van der Waals surface area contributed by atoms with Gasteiger partial charge in [-0.1, -0.05) is 0 Å². The highest BCUT2D eigenvalue weighted by Crippen LogP contribution is 2.42. The molecule has 2 aliphatic heterocycles. The highest BCUT2D eigenvalue weighted by molar-refractivity contribution is 7.99. The van der Waals surface area contributed by atoms with Gasteiger partial charge in [0.1, 0.15) is 6.33 Å². The zero-order valence-electron chi connectivity index (χ0n) is 20.0. The van der Waals surface area contributed by atoms with E-state index in [4.69, 9.17) is 10.7 Å². The van der Waals surface area contributed by atoms with Crippen LogP contribution >= 0.6 is 11.8 Å². The highest BCUT2D eigenvalue weighted by atomic mass is 32.2. The van der Waals surface area contributed by atoms with Crippen LogP contribution in [0.4, 0.5) is 11.5 Å². The molecular formula is C24H31N7O2S2. The first kappa shape index (κ1) is 23.1. The molecule has 1 atom stereocenters. The molecule has 11 heteroatoms. The molecule has 4 heterocycles. The maximum absolute atomic E-state index is 11.9. The van der Waals surface area contributed by atoms with Crippen LogP contribution < -0.4 is 10.6 Å². The molecule has 186 valence electrons. The van der Waals surface area contributed by atoms with Crippen molar-refractivity contribution < 1.29 is 8.42 Å². The third-order valence-corrected chi connectivity index (χ3v) is 9.71. The highest BCUT2D eigenvalue weighted by Gasteiger charge is 2.29. The molecule has 3 aliphatic rings. The molecule has 2 aromatic heterocycles. The largest absolute Gasteiger partial charge is 0.382 e. The van der Waals surface area contributed by atoms with Crippen LogP contribution in [-0.4, -0.2) is 64.7 Å². The van der Waals surface area contributed by atoms with Crippen LogP contribution in [0.3, 0.4) is 0 Å². The van der Waals surface area contributed by atoms with E-state index in [9.17, 15) is 8.42 Å². The van der Waals surface area contributed by atoms with E-state index in [1.807, 2.05) is 0 Å². The van der Waals surface area contributed by atoms with Crippen molar-refractivity contribution in [1.29, 1.82) is 0 Å². The molecule has 1 unspecified atom stereocenters. The number of nitrogens with two attached hydrogens (primary N) is 1. The Hall–Kier alpha value is -2.37. The van der Waals surface area contributed by atoms with Crippen molar-refractivity contribution in [2.45, 2.75) is 55.1 Å². The summed E-state index contributed by atoms with van der Waals surface area (Å²) in [4.78, 5) is 17.2. The van der Waals surface area contributed by atoms with Crippen molar-refractivity contribution >= 4 is 44.5 Å². The Labute approximate surface area is 210 Å². The predicted molar refractivity (Wildman–Crippen MR) is 138 cm³/mol. The second kappa shape index (κ2) is 8.94. The number of anilines is 2. The summed E-state index contributed by atoms with van der Waals surface area (Å²) in [5, 5.41) is 0.887. The topological polar surface area (TPSA) is 110 Å². The van der Waals surface area contributed by atoms with Crippen LogP contribution in [0, 0.1) is 5.92 Å². The molecule has 1 aromatic carbocycles. The van der Waals surface area contributed by atoms with Crippen LogP contribution in [0.5, 0.6) is 0 Å². The Balaban J connectivity index is 1.26. The van der Waals surface area contributed by atoms with E-state index in [-0.39, 0.29) is 0 Å². The number of sulfonamides is 1. The minimum absolute atomic E-state index is 0.390. The van der Waals surface area contributed by atoms with Crippen molar-refractivity contribution in [2.24, 2.45) is 5.92 Å². The second-order valence-corrected chi connectivity index (χ2v) is 12.9. The molecule has 0 radical (unpaired) electrons. The lowest BCUT2D eigenvalue weighted by Crippen LogP contribution is -2.27. The van der Waals surface area contributed by atoms with Crippen LogP contribution in [0.15, 0.2) is 28.5 Å². The Morgan fingerprint density at radius 3 is 2.69 bits per heavy atom. The fraction of sp³-hybridized carbons (Fsp3) is 0.542. The zero-order valence-corrected chi connectivity index (χ0v) is 21.6. The van der Waals surface area contributed by atoms with Gasteiger partial charge in [-0.25, -0.2) is 27.7 Å². The summed E-state index contributed by atoms with van der Waals surface area (Å²) >= 11 is 1.70. The van der Waals surface area contributed by atoms with E-state index in [2.05, 4.69) is 31.6 Å². The third kappa shape index (κ3) is 4.61. The molecule has 2 fully saturated rings. The van der Waals surface area contributed by atoms with E-state index in [0.717, 1.165) is 56.1 Å². The SMILES string of the molecule is CS(=O)(=O)N1CCC(CCCn2c(Sc3cc4c(cc3N3CC3)CCC4)nc3c(N)ncnc32)C1. The summed E-state index contributed by atoms with van der Waals surface area (Å²) in [5.74, 6) is 0.789. The van der Waals surface area contributed by atoms with E-state index in [0.29, 0.717) is 30.3 Å². The summed E-state index contributed by atoms with van der Waals surface area (Å²) in [6.45, 7) is 4.21. The van der Waals surface area contributed by atoms with E-state index < -0.39 is 10.0 Å². The lowest BCUT2D eigenvalue weighted by molar-refractivity contribution is 0.431. The molecule has 2 saturated heterocycles. The van der Waals surface area contributed by atoms with E-state index >= 15 is 0 Å². The van der Waals surface area contributed by atoms with Gasteiger partial charge in [0.2, 0.25) is 10.0 Å². The Morgan fingerprint density at radius 2 is 1.94 bits per heavy atom. The molecule has 0 saturated carbocycles. The van der Waals surface area contributed by atoms with Gasteiger partial charge in [-0.2, -0.15) is 0 Å². The number of nitrogen functional groups attached to an aromatic ring is 1. The summed E-state index contributed by atoms with van der Waals surface area (Å²) < 4.78 is 27.5. The molecule has 0 spiro atoms. The number of hydrogen-bond acceptors (Lipinski definition) is 8. The van der Waals surface area contributed by atoms with E-state index in [1.54, 1.807) is 16.1 Å². The van der Waals surface area contributed by atoms with Crippen molar-refractivity contribution in [1.82, 2.24) is 23.8 Å². The fourth-order valence-electron chi connectivity index (χ4n) is 5.39. The Morgan fingerprint density at radius 1 is 1.14 bits per heavy atom. The van der Waals surface area contributed by atoms with Gasteiger partial charge in [0.15, 0.2) is 22.1 Å². The summed E-state index contributed by atoms with van der Waals surface area (Å²) in [6, 6.07) is 4.74. The average molecular weight is 514 g/mol. The molecular weight excluding hydrogens is 482 g/mol. The van der Waals surface area contributed by atoms with Crippen molar-refractivity contribution in [3.8, 4) is 0 Å². The van der Waals surface area contributed by atoms with Gasteiger partial charge >= 0.3 is 0 Å². The number of benzene rings is 1. The van der Waals surface area contributed by atoms with Crippen molar-refractivity contribution in [3.05, 3.63) is 29.6 Å². The zero-order chi connectivity index (χ0) is 24.2. The lowest BCUT2D eigenvalue weighted by Gasteiger charge is -2.15. The Kier molecular flexibility index (Phi) is 5.89. The molecule has 2 N–H and O–H groups in total. The Bertz CT molecular complexity index is 1380. The van der Waals surface area contributed by atoms with Gasteiger partial charge in [-0.15, -0.1) is 0 Å². The first-order chi connectivity index (χ1) is 16.9. The molecule has 0 bridgehead atoms. The molecule has 3 aromatic rings. The number of aryl methyl sites for hydroxylation is 3. The van der Waals surface area contributed by atoms with Gasteiger partial charge in [0.05, 0.1) is 11.9 Å². The monoisotopic (exact) mass is 513 g/mol. The van der Waals surface area contributed by atoms with Crippen LogP contribution in [-0.2, 0) is 29.4 Å².